The van der Waals surface area contributed by atoms with Crippen molar-refractivity contribution in [2.75, 3.05) is 13.1 Å². The standard InChI is InChI=1S/C17H27BrN2/c1-4-17-10-19-16(8-13(2)3)12-20(17)11-14-6-5-7-15(18)9-14/h5-7,9,13,16-17,19H,4,8,10-12H2,1-3H3. The second-order valence-corrected chi connectivity index (χ2v) is 7.27. The Morgan fingerprint density at radius 2 is 2.20 bits per heavy atom. The van der Waals surface area contributed by atoms with E-state index in [1.165, 1.54) is 29.4 Å². The molecule has 2 nitrogen and oxygen atoms in total. The number of nitrogens with one attached hydrogen (secondary N) is 1. The van der Waals surface area contributed by atoms with Crippen molar-refractivity contribution in [1.29, 1.82) is 0 Å². The highest BCUT2D eigenvalue weighted by atomic mass is 79.9. The summed E-state index contributed by atoms with van der Waals surface area (Å²) in [5, 5.41) is 3.73. The quantitative estimate of drug-likeness (QED) is 0.871. The highest BCUT2D eigenvalue weighted by Gasteiger charge is 2.26. The van der Waals surface area contributed by atoms with Crippen LogP contribution < -0.4 is 5.32 Å². The molecule has 1 aromatic carbocycles. The summed E-state index contributed by atoms with van der Waals surface area (Å²) >= 11 is 3.57. The number of rotatable bonds is 5. The summed E-state index contributed by atoms with van der Waals surface area (Å²) in [5.74, 6) is 0.762. The van der Waals surface area contributed by atoms with E-state index in [2.05, 4.69) is 71.2 Å². The number of halogens is 1. The van der Waals surface area contributed by atoms with Gasteiger partial charge < -0.3 is 5.32 Å². The van der Waals surface area contributed by atoms with Crippen LogP contribution in [0.15, 0.2) is 28.7 Å². The van der Waals surface area contributed by atoms with Gasteiger partial charge in [0.15, 0.2) is 0 Å². The molecule has 2 rings (SSSR count). The maximum atomic E-state index is 3.73. The average molecular weight is 339 g/mol. The third-order valence-corrected chi connectivity index (χ3v) is 4.61. The van der Waals surface area contributed by atoms with Gasteiger partial charge in [0.25, 0.3) is 0 Å². The second-order valence-electron chi connectivity index (χ2n) is 6.36. The highest BCUT2D eigenvalue weighted by Crippen LogP contribution is 2.19. The largest absolute Gasteiger partial charge is 0.311 e. The molecular weight excluding hydrogens is 312 g/mol. The molecule has 0 radical (unpaired) electrons. The van der Waals surface area contributed by atoms with Gasteiger partial charge in [-0.05, 0) is 36.5 Å². The van der Waals surface area contributed by atoms with Gasteiger partial charge in [0.2, 0.25) is 0 Å². The fraction of sp³-hybridized carbons (Fsp3) is 0.647. The fourth-order valence-corrected chi connectivity index (χ4v) is 3.57. The third kappa shape index (κ3) is 4.57. The van der Waals surface area contributed by atoms with Gasteiger partial charge in [-0.2, -0.15) is 0 Å². The molecule has 0 amide bonds. The van der Waals surface area contributed by atoms with E-state index in [4.69, 9.17) is 0 Å². The minimum absolute atomic E-state index is 0.643. The Kier molecular flexibility index (Phi) is 6.06. The lowest BCUT2D eigenvalue weighted by Gasteiger charge is -2.40. The molecule has 1 aromatic rings. The van der Waals surface area contributed by atoms with Gasteiger partial charge in [0.1, 0.15) is 0 Å². The molecule has 0 saturated carbocycles. The van der Waals surface area contributed by atoms with Crippen molar-refractivity contribution in [2.24, 2.45) is 5.92 Å². The molecule has 1 N–H and O–H groups in total. The van der Waals surface area contributed by atoms with Gasteiger partial charge in [-0.25, -0.2) is 0 Å². The van der Waals surface area contributed by atoms with Crippen LogP contribution in [0, 0.1) is 5.92 Å². The zero-order chi connectivity index (χ0) is 14.5. The summed E-state index contributed by atoms with van der Waals surface area (Å²) in [7, 11) is 0. The van der Waals surface area contributed by atoms with E-state index in [-0.39, 0.29) is 0 Å². The molecule has 3 heteroatoms. The van der Waals surface area contributed by atoms with E-state index in [1.54, 1.807) is 0 Å². The van der Waals surface area contributed by atoms with Crippen LogP contribution in [0.25, 0.3) is 0 Å². The van der Waals surface area contributed by atoms with Crippen LogP contribution in [0.3, 0.4) is 0 Å². The zero-order valence-electron chi connectivity index (χ0n) is 12.9. The number of nitrogens with zero attached hydrogens (tertiary/aromatic N) is 1. The van der Waals surface area contributed by atoms with E-state index < -0.39 is 0 Å². The number of benzene rings is 1. The van der Waals surface area contributed by atoms with Gasteiger partial charge >= 0.3 is 0 Å². The maximum absolute atomic E-state index is 3.73. The zero-order valence-corrected chi connectivity index (χ0v) is 14.5. The lowest BCUT2D eigenvalue weighted by molar-refractivity contribution is 0.111. The van der Waals surface area contributed by atoms with Crippen molar-refractivity contribution in [3.05, 3.63) is 34.3 Å². The lowest BCUT2D eigenvalue weighted by Crippen LogP contribution is -2.56. The van der Waals surface area contributed by atoms with E-state index >= 15 is 0 Å². The molecule has 20 heavy (non-hydrogen) atoms. The minimum Gasteiger partial charge on any atom is -0.311 e. The molecule has 0 aromatic heterocycles. The summed E-state index contributed by atoms with van der Waals surface area (Å²) < 4.78 is 1.18. The fourth-order valence-electron chi connectivity index (χ4n) is 3.12. The van der Waals surface area contributed by atoms with E-state index in [1.807, 2.05) is 0 Å². The minimum atomic E-state index is 0.643. The van der Waals surface area contributed by atoms with Crippen molar-refractivity contribution in [3.8, 4) is 0 Å². The molecule has 1 aliphatic heterocycles. The first kappa shape index (κ1) is 16.0. The van der Waals surface area contributed by atoms with Gasteiger partial charge in [-0.15, -0.1) is 0 Å². The molecule has 0 aliphatic carbocycles. The Bertz CT molecular complexity index is 419. The normalized spacial score (nSPS) is 24.2. The molecular formula is C17H27BrN2. The van der Waals surface area contributed by atoms with Gasteiger partial charge in [0.05, 0.1) is 0 Å². The smallest absolute Gasteiger partial charge is 0.0238 e. The van der Waals surface area contributed by atoms with Crippen LogP contribution in [0.2, 0.25) is 0 Å². The first-order chi connectivity index (χ1) is 9.58. The number of piperazine rings is 1. The average Bonchev–Trinajstić information content (AvgIpc) is 2.38. The topological polar surface area (TPSA) is 15.3 Å². The highest BCUT2D eigenvalue weighted by molar-refractivity contribution is 9.10. The van der Waals surface area contributed by atoms with Crippen LogP contribution in [-0.4, -0.2) is 30.1 Å². The number of hydrogen-bond acceptors (Lipinski definition) is 2. The summed E-state index contributed by atoms with van der Waals surface area (Å²) in [6.07, 6.45) is 2.49. The maximum Gasteiger partial charge on any atom is 0.0238 e. The first-order valence-electron chi connectivity index (χ1n) is 7.80. The van der Waals surface area contributed by atoms with E-state index in [0.717, 1.165) is 19.0 Å². The molecule has 2 unspecified atom stereocenters. The molecule has 1 saturated heterocycles. The summed E-state index contributed by atoms with van der Waals surface area (Å²) in [5.41, 5.74) is 1.41. The van der Waals surface area contributed by atoms with Crippen molar-refractivity contribution >= 4 is 15.9 Å². The summed E-state index contributed by atoms with van der Waals surface area (Å²) in [4.78, 5) is 2.66. The molecule has 1 aliphatic rings. The predicted molar refractivity (Wildman–Crippen MR) is 89.9 cm³/mol. The van der Waals surface area contributed by atoms with Crippen LogP contribution in [0.4, 0.5) is 0 Å². The van der Waals surface area contributed by atoms with Crippen LogP contribution in [-0.2, 0) is 6.54 Å². The van der Waals surface area contributed by atoms with Crippen LogP contribution in [0.1, 0.15) is 39.2 Å². The van der Waals surface area contributed by atoms with Crippen molar-refractivity contribution in [3.63, 3.8) is 0 Å². The van der Waals surface area contributed by atoms with Gasteiger partial charge in [0, 0.05) is 36.2 Å². The Morgan fingerprint density at radius 1 is 1.40 bits per heavy atom. The molecule has 1 heterocycles. The van der Waals surface area contributed by atoms with Crippen LogP contribution >= 0.6 is 15.9 Å². The van der Waals surface area contributed by atoms with Crippen molar-refractivity contribution < 1.29 is 0 Å². The summed E-state index contributed by atoms with van der Waals surface area (Å²) in [6.45, 7) is 10.3. The lowest BCUT2D eigenvalue weighted by atomic mass is 9.98. The molecule has 1 fully saturated rings. The Balaban J connectivity index is 2.01. The SMILES string of the molecule is CCC1CNC(CC(C)C)CN1Cc1cccc(Br)c1. The van der Waals surface area contributed by atoms with Gasteiger partial charge in [-0.1, -0.05) is 48.8 Å². The van der Waals surface area contributed by atoms with Crippen molar-refractivity contribution in [1.82, 2.24) is 10.2 Å². The monoisotopic (exact) mass is 338 g/mol. The van der Waals surface area contributed by atoms with Gasteiger partial charge in [-0.3, -0.25) is 4.90 Å². The van der Waals surface area contributed by atoms with Crippen LogP contribution in [0.5, 0.6) is 0 Å². The molecule has 2 atom stereocenters. The Hall–Kier alpha value is -0.380. The van der Waals surface area contributed by atoms with E-state index in [9.17, 15) is 0 Å². The molecule has 0 spiro atoms. The summed E-state index contributed by atoms with van der Waals surface area (Å²) in [6, 6.07) is 10.0. The Morgan fingerprint density at radius 3 is 2.85 bits per heavy atom. The van der Waals surface area contributed by atoms with E-state index in [0.29, 0.717) is 12.1 Å². The first-order valence-corrected chi connectivity index (χ1v) is 8.59. The molecule has 0 bridgehead atoms. The molecule has 112 valence electrons. The third-order valence-electron chi connectivity index (χ3n) is 4.12. The predicted octanol–water partition coefficient (Wildman–Crippen LogP) is 4.05. The Labute approximate surface area is 132 Å². The number of hydrogen-bond donors (Lipinski definition) is 1. The second kappa shape index (κ2) is 7.58. The van der Waals surface area contributed by atoms with Crippen molar-refractivity contribution in [2.45, 2.75) is 52.2 Å².